The van der Waals surface area contributed by atoms with E-state index < -0.39 is 0 Å². The number of rotatable bonds is 2. The summed E-state index contributed by atoms with van der Waals surface area (Å²) in [6, 6.07) is 17.0. The zero-order valence-electron chi connectivity index (χ0n) is 13.8. The Labute approximate surface area is 152 Å². The number of anilines is 1. The lowest BCUT2D eigenvalue weighted by molar-refractivity contribution is -0.00185. The first kappa shape index (κ1) is 16.0. The molecule has 2 aromatic carbocycles. The molecule has 0 aromatic heterocycles. The smallest absolute Gasteiger partial charge is 0.143 e. The fourth-order valence-electron chi connectivity index (χ4n) is 3.75. The number of nitrogens with one attached hydrogen (secondary N) is 1. The van der Waals surface area contributed by atoms with Gasteiger partial charge in [0.25, 0.3) is 0 Å². The van der Waals surface area contributed by atoms with Crippen molar-refractivity contribution < 1.29 is 4.74 Å². The van der Waals surface area contributed by atoms with E-state index in [1.807, 2.05) is 0 Å². The van der Waals surface area contributed by atoms with Crippen LogP contribution < -0.4 is 10.1 Å². The third kappa shape index (κ3) is 3.45. The maximum Gasteiger partial charge on any atom is 0.143 e. The van der Waals surface area contributed by atoms with Crippen LogP contribution in [0.1, 0.15) is 24.8 Å². The number of fused-ring (bicyclic) bond motifs is 1. The number of ether oxygens (including phenoxy) is 1. The molecule has 1 fully saturated rings. The maximum absolute atomic E-state index is 6.53. The molecule has 1 N–H and O–H groups in total. The molecule has 1 spiro atoms. The molecular formula is C20H23BrN2O. The van der Waals surface area contributed by atoms with Gasteiger partial charge in [0.1, 0.15) is 11.4 Å². The number of hydrogen-bond acceptors (Lipinski definition) is 3. The Hall–Kier alpha value is -1.52. The van der Waals surface area contributed by atoms with Crippen LogP contribution in [-0.4, -0.2) is 30.1 Å². The zero-order chi connectivity index (χ0) is 16.4. The van der Waals surface area contributed by atoms with Gasteiger partial charge in [0.2, 0.25) is 0 Å². The molecule has 2 heterocycles. The van der Waals surface area contributed by atoms with Crippen LogP contribution in [0.2, 0.25) is 0 Å². The van der Waals surface area contributed by atoms with Gasteiger partial charge < -0.3 is 10.1 Å². The number of benzene rings is 2. The van der Waals surface area contributed by atoms with E-state index in [-0.39, 0.29) is 5.60 Å². The van der Waals surface area contributed by atoms with E-state index in [2.05, 4.69) is 74.7 Å². The standard InChI is InChI=1S/C20H23BrN2O/c21-17-6-7-19-18(14-17)22-11-8-20(24-19)9-12-23(13-10-20)15-16-4-2-1-3-5-16/h1-7,14,22H,8-13,15H2. The number of halogens is 1. The molecule has 126 valence electrons. The molecule has 0 atom stereocenters. The summed E-state index contributed by atoms with van der Waals surface area (Å²) in [5.41, 5.74) is 2.49. The Morgan fingerprint density at radius 2 is 1.83 bits per heavy atom. The van der Waals surface area contributed by atoms with Crippen molar-refractivity contribution in [1.82, 2.24) is 4.90 Å². The minimum Gasteiger partial charge on any atom is -0.485 e. The highest BCUT2D eigenvalue weighted by Gasteiger charge is 2.38. The second-order valence-corrected chi connectivity index (χ2v) is 7.78. The molecule has 24 heavy (non-hydrogen) atoms. The summed E-state index contributed by atoms with van der Waals surface area (Å²) in [5.74, 6) is 0.993. The molecule has 1 saturated heterocycles. The Bertz CT molecular complexity index is 696. The van der Waals surface area contributed by atoms with Crippen molar-refractivity contribution in [2.75, 3.05) is 25.0 Å². The number of likely N-dealkylation sites (tertiary alicyclic amines) is 1. The molecule has 0 amide bonds. The fraction of sp³-hybridized carbons (Fsp3) is 0.400. The van der Waals surface area contributed by atoms with Gasteiger partial charge in [0.15, 0.2) is 0 Å². The van der Waals surface area contributed by atoms with Gasteiger partial charge in [-0.2, -0.15) is 0 Å². The Morgan fingerprint density at radius 1 is 1.04 bits per heavy atom. The molecule has 0 aliphatic carbocycles. The van der Waals surface area contributed by atoms with E-state index in [1.54, 1.807) is 0 Å². The summed E-state index contributed by atoms with van der Waals surface area (Å²) in [6.45, 7) is 4.21. The molecular weight excluding hydrogens is 364 g/mol. The van der Waals surface area contributed by atoms with Gasteiger partial charge in [0.05, 0.1) is 5.69 Å². The van der Waals surface area contributed by atoms with Crippen molar-refractivity contribution in [1.29, 1.82) is 0 Å². The normalized spacial score (nSPS) is 19.9. The Kier molecular flexibility index (Phi) is 4.51. The molecule has 0 saturated carbocycles. The maximum atomic E-state index is 6.53. The van der Waals surface area contributed by atoms with Gasteiger partial charge in [-0.25, -0.2) is 0 Å². The van der Waals surface area contributed by atoms with Crippen LogP contribution in [0.15, 0.2) is 53.0 Å². The minimum atomic E-state index is -0.0146. The predicted octanol–water partition coefficient (Wildman–Crippen LogP) is 4.68. The zero-order valence-corrected chi connectivity index (χ0v) is 15.4. The highest BCUT2D eigenvalue weighted by molar-refractivity contribution is 9.10. The summed E-state index contributed by atoms with van der Waals surface area (Å²) >= 11 is 3.54. The predicted molar refractivity (Wildman–Crippen MR) is 102 cm³/mol. The van der Waals surface area contributed by atoms with Crippen LogP contribution >= 0.6 is 15.9 Å². The topological polar surface area (TPSA) is 24.5 Å². The molecule has 2 aliphatic rings. The molecule has 0 radical (unpaired) electrons. The lowest BCUT2D eigenvalue weighted by atomic mass is 9.87. The minimum absolute atomic E-state index is 0.0146. The van der Waals surface area contributed by atoms with Gasteiger partial charge in [-0.15, -0.1) is 0 Å². The van der Waals surface area contributed by atoms with E-state index in [4.69, 9.17) is 4.74 Å². The van der Waals surface area contributed by atoms with Gasteiger partial charge >= 0.3 is 0 Å². The van der Waals surface area contributed by atoms with Crippen LogP contribution in [0.3, 0.4) is 0 Å². The van der Waals surface area contributed by atoms with Crippen molar-refractivity contribution in [3.8, 4) is 5.75 Å². The van der Waals surface area contributed by atoms with Gasteiger partial charge in [-0.3, -0.25) is 4.90 Å². The second-order valence-electron chi connectivity index (χ2n) is 6.86. The molecule has 0 bridgehead atoms. The van der Waals surface area contributed by atoms with E-state index in [9.17, 15) is 0 Å². The Balaban J connectivity index is 1.43. The van der Waals surface area contributed by atoms with E-state index in [0.717, 1.165) is 61.4 Å². The highest BCUT2D eigenvalue weighted by atomic mass is 79.9. The largest absolute Gasteiger partial charge is 0.485 e. The lowest BCUT2D eigenvalue weighted by Gasteiger charge is -2.41. The molecule has 0 unspecified atom stereocenters. The highest BCUT2D eigenvalue weighted by Crippen LogP contribution is 2.39. The molecule has 3 nitrogen and oxygen atoms in total. The first-order valence-electron chi connectivity index (χ1n) is 8.71. The average molecular weight is 387 g/mol. The van der Waals surface area contributed by atoms with E-state index >= 15 is 0 Å². The van der Waals surface area contributed by atoms with Crippen molar-refractivity contribution >= 4 is 21.6 Å². The van der Waals surface area contributed by atoms with Gasteiger partial charge in [-0.1, -0.05) is 46.3 Å². The van der Waals surface area contributed by atoms with Crippen LogP contribution in [0.25, 0.3) is 0 Å². The van der Waals surface area contributed by atoms with E-state index in [1.165, 1.54) is 5.56 Å². The summed E-state index contributed by atoms with van der Waals surface area (Å²) in [6.07, 6.45) is 3.26. The number of hydrogen-bond donors (Lipinski definition) is 1. The quantitative estimate of drug-likeness (QED) is 0.810. The van der Waals surface area contributed by atoms with Crippen molar-refractivity contribution in [2.24, 2.45) is 0 Å². The summed E-state index contributed by atoms with van der Waals surface area (Å²) in [5, 5.41) is 3.52. The molecule has 4 rings (SSSR count). The number of nitrogens with zero attached hydrogens (tertiary/aromatic N) is 1. The van der Waals surface area contributed by atoms with Crippen LogP contribution in [0.5, 0.6) is 5.75 Å². The Morgan fingerprint density at radius 3 is 2.62 bits per heavy atom. The number of piperidine rings is 1. The first-order valence-corrected chi connectivity index (χ1v) is 9.51. The summed E-state index contributed by atoms with van der Waals surface area (Å²) < 4.78 is 7.62. The fourth-order valence-corrected chi connectivity index (χ4v) is 4.11. The third-order valence-corrected chi connectivity index (χ3v) is 5.67. The SMILES string of the molecule is Brc1ccc2c(c1)NCCC1(CCN(Cc3ccccc3)CC1)O2. The monoisotopic (exact) mass is 386 g/mol. The third-order valence-electron chi connectivity index (χ3n) is 5.18. The van der Waals surface area contributed by atoms with Gasteiger partial charge in [-0.05, 0) is 36.6 Å². The molecule has 4 heteroatoms. The summed E-state index contributed by atoms with van der Waals surface area (Å²) in [7, 11) is 0. The second kappa shape index (κ2) is 6.77. The van der Waals surface area contributed by atoms with Crippen LogP contribution in [0.4, 0.5) is 5.69 Å². The van der Waals surface area contributed by atoms with Crippen molar-refractivity contribution in [3.63, 3.8) is 0 Å². The first-order chi connectivity index (χ1) is 11.7. The van der Waals surface area contributed by atoms with Crippen molar-refractivity contribution in [3.05, 3.63) is 58.6 Å². The van der Waals surface area contributed by atoms with Crippen LogP contribution in [-0.2, 0) is 6.54 Å². The summed E-state index contributed by atoms with van der Waals surface area (Å²) in [4.78, 5) is 2.55. The molecule has 2 aliphatic heterocycles. The van der Waals surface area contributed by atoms with Gasteiger partial charge in [0, 0.05) is 37.1 Å². The van der Waals surface area contributed by atoms with E-state index in [0.29, 0.717) is 0 Å². The van der Waals surface area contributed by atoms with Crippen molar-refractivity contribution in [2.45, 2.75) is 31.4 Å². The molecule has 2 aromatic rings. The average Bonchev–Trinajstić information content (AvgIpc) is 2.77. The van der Waals surface area contributed by atoms with Crippen LogP contribution in [0, 0.1) is 0 Å². The lowest BCUT2D eigenvalue weighted by Crippen LogP contribution is -2.48.